The first-order valence-corrected chi connectivity index (χ1v) is 6.96. The van der Waals surface area contributed by atoms with Crippen molar-refractivity contribution in [3.8, 4) is 0 Å². The van der Waals surface area contributed by atoms with Crippen molar-refractivity contribution in [3.05, 3.63) is 71.8 Å². The van der Waals surface area contributed by atoms with Crippen molar-refractivity contribution in [1.29, 1.82) is 0 Å². The zero-order valence-corrected chi connectivity index (χ0v) is 11.6. The minimum Gasteiger partial charge on any atom is -0.447 e. The highest BCUT2D eigenvalue weighted by molar-refractivity contribution is 5.70. The third-order valence-electron chi connectivity index (χ3n) is 3.71. The van der Waals surface area contributed by atoms with E-state index in [2.05, 4.69) is 0 Å². The number of cyclic esters (lactones) is 1. The number of carbonyl (C=O) groups is 1. The highest BCUT2D eigenvalue weighted by Gasteiger charge is 2.38. The molecular formula is C17H17NO3. The molecule has 1 fully saturated rings. The molecule has 2 aromatic rings. The van der Waals surface area contributed by atoms with Crippen LogP contribution in [0.15, 0.2) is 60.7 Å². The smallest absolute Gasteiger partial charge is 0.410 e. The third kappa shape index (κ3) is 2.90. The summed E-state index contributed by atoms with van der Waals surface area (Å²) >= 11 is 0. The number of benzene rings is 2. The summed E-state index contributed by atoms with van der Waals surface area (Å²) in [6, 6.07) is 18.7. The van der Waals surface area contributed by atoms with Crippen molar-refractivity contribution >= 4 is 6.09 Å². The molecule has 3 rings (SSSR count). The lowest BCUT2D eigenvalue weighted by Crippen LogP contribution is -2.37. The molecule has 0 unspecified atom stereocenters. The van der Waals surface area contributed by atoms with Gasteiger partial charge in [-0.3, -0.25) is 4.90 Å². The highest BCUT2D eigenvalue weighted by Crippen LogP contribution is 2.27. The molecule has 1 aliphatic rings. The van der Waals surface area contributed by atoms with Crippen LogP contribution in [0, 0.1) is 0 Å². The van der Waals surface area contributed by atoms with Gasteiger partial charge in [0.05, 0.1) is 6.04 Å². The molecule has 0 aromatic heterocycles. The third-order valence-corrected chi connectivity index (χ3v) is 3.71. The van der Waals surface area contributed by atoms with Gasteiger partial charge in [-0.2, -0.15) is 0 Å². The molecule has 1 amide bonds. The van der Waals surface area contributed by atoms with E-state index >= 15 is 0 Å². The number of aliphatic hydroxyl groups excluding tert-OH is 1. The molecule has 4 heteroatoms. The summed E-state index contributed by atoms with van der Waals surface area (Å²) in [6.45, 7) is 0.649. The van der Waals surface area contributed by atoms with E-state index in [1.165, 1.54) is 0 Å². The maximum Gasteiger partial charge on any atom is 0.410 e. The van der Waals surface area contributed by atoms with Crippen LogP contribution in [0.5, 0.6) is 0 Å². The van der Waals surface area contributed by atoms with Crippen molar-refractivity contribution < 1.29 is 14.6 Å². The van der Waals surface area contributed by atoms with Crippen LogP contribution in [-0.4, -0.2) is 28.7 Å². The predicted molar refractivity (Wildman–Crippen MR) is 78.5 cm³/mol. The molecule has 21 heavy (non-hydrogen) atoms. The average Bonchev–Trinajstić information content (AvgIpc) is 2.90. The minimum atomic E-state index is -0.749. The van der Waals surface area contributed by atoms with Gasteiger partial charge in [-0.25, -0.2) is 4.79 Å². The number of nitrogens with zero attached hydrogens (tertiary/aromatic N) is 1. The lowest BCUT2D eigenvalue weighted by Gasteiger charge is -2.26. The lowest BCUT2D eigenvalue weighted by molar-refractivity contribution is 0.0834. The van der Waals surface area contributed by atoms with Gasteiger partial charge in [0.15, 0.2) is 0 Å². The maximum absolute atomic E-state index is 11.9. The Labute approximate surface area is 123 Å². The normalized spacial score (nSPS) is 19.4. The topological polar surface area (TPSA) is 49.8 Å². The Morgan fingerprint density at radius 3 is 2.38 bits per heavy atom. The second-order valence-corrected chi connectivity index (χ2v) is 5.11. The summed E-state index contributed by atoms with van der Waals surface area (Å²) in [7, 11) is 0. The lowest BCUT2D eigenvalue weighted by atomic mass is 10.0. The van der Waals surface area contributed by atoms with Gasteiger partial charge in [-0.1, -0.05) is 60.7 Å². The van der Waals surface area contributed by atoms with Crippen LogP contribution in [0.1, 0.15) is 17.2 Å². The van der Waals surface area contributed by atoms with Crippen molar-refractivity contribution in [2.24, 2.45) is 0 Å². The van der Waals surface area contributed by atoms with Gasteiger partial charge in [0.2, 0.25) is 0 Å². The SMILES string of the molecule is O=C1OC[C@@H]([C@@H](O)c2ccccc2)N1Cc1ccccc1. The first-order chi connectivity index (χ1) is 10.3. The Kier molecular flexibility index (Phi) is 3.88. The molecule has 1 heterocycles. The zero-order chi connectivity index (χ0) is 14.7. The van der Waals surface area contributed by atoms with Crippen LogP contribution in [0.2, 0.25) is 0 Å². The number of hydrogen-bond donors (Lipinski definition) is 1. The van der Waals surface area contributed by atoms with Gasteiger partial charge >= 0.3 is 6.09 Å². The predicted octanol–water partition coefficient (Wildman–Crippen LogP) is 2.74. The first-order valence-electron chi connectivity index (χ1n) is 6.96. The average molecular weight is 283 g/mol. The molecule has 0 spiro atoms. The Morgan fingerprint density at radius 2 is 1.71 bits per heavy atom. The van der Waals surface area contributed by atoms with Gasteiger partial charge in [0, 0.05) is 6.54 Å². The largest absolute Gasteiger partial charge is 0.447 e. The molecule has 4 nitrogen and oxygen atoms in total. The van der Waals surface area contributed by atoms with Crippen molar-refractivity contribution in [3.63, 3.8) is 0 Å². The Morgan fingerprint density at radius 1 is 1.10 bits per heavy atom. The first kappa shape index (κ1) is 13.6. The van der Waals surface area contributed by atoms with E-state index in [1.54, 1.807) is 4.90 Å². The number of hydrogen-bond acceptors (Lipinski definition) is 3. The summed E-state index contributed by atoms with van der Waals surface area (Å²) in [5, 5.41) is 10.5. The van der Waals surface area contributed by atoms with Crippen LogP contribution < -0.4 is 0 Å². The summed E-state index contributed by atoms with van der Waals surface area (Å²) in [6.07, 6.45) is -1.12. The molecule has 108 valence electrons. The van der Waals surface area contributed by atoms with Crippen LogP contribution in [0.3, 0.4) is 0 Å². The number of aliphatic hydroxyl groups is 1. The highest BCUT2D eigenvalue weighted by atomic mass is 16.6. The number of rotatable bonds is 4. The standard InChI is InChI=1S/C17H17NO3/c19-16(14-9-5-2-6-10-14)15-12-21-17(20)18(15)11-13-7-3-1-4-8-13/h1-10,15-16,19H,11-12H2/t15-,16-/m0/s1. The molecule has 0 bridgehead atoms. The van der Waals surface area contributed by atoms with Crippen LogP contribution >= 0.6 is 0 Å². The fraction of sp³-hybridized carbons (Fsp3) is 0.235. The van der Waals surface area contributed by atoms with Gasteiger partial charge < -0.3 is 9.84 Å². The van der Waals surface area contributed by atoms with E-state index < -0.39 is 6.10 Å². The summed E-state index contributed by atoms with van der Waals surface area (Å²) in [5.41, 5.74) is 1.81. The Bertz CT molecular complexity index is 600. The van der Waals surface area contributed by atoms with E-state index in [1.807, 2.05) is 60.7 Å². The Balaban J connectivity index is 1.79. The van der Waals surface area contributed by atoms with E-state index in [0.717, 1.165) is 11.1 Å². The Hall–Kier alpha value is -2.33. The van der Waals surface area contributed by atoms with Crippen LogP contribution in [-0.2, 0) is 11.3 Å². The van der Waals surface area contributed by atoms with Crippen molar-refractivity contribution in [1.82, 2.24) is 4.90 Å². The number of carbonyl (C=O) groups excluding carboxylic acids is 1. The van der Waals surface area contributed by atoms with E-state index in [4.69, 9.17) is 4.74 Å². The van der Waals surface area contributed by atoms with Gasteiger partial charge in [-0.05, 0) is 11.1 Å². The molecule has 0 saturated carbocycles. The molecule has 1 saturated heterocycles. The van der Waals surface area contributed by atoms with E-state index in [-0.39, 0.29) is 18.7 Å². The molecular weight excluding hydrogens is 266 g/mol. The fourth-order valence-electron chi connectivity index (χ4n) is 2.56. The number of amides is 1. The van der Waals surface area contributed by atoms with Crippen LogP contribution in [0.4, 0.5) is 4.79 Å². The second-order valence-electron chi connectivity index (χ2n) is 5.11. The zero-order valence-electron chi connectivity index (χ0n) is 11.6. The van der Waals surface area contributed by atoms with Gasteiger partial charge in [0.25, 0.3) is 0 Å². The van der Waals surface area contributed by atoms with E-state index in [0.29, 0.717) is 6.54 Å². The molecule has 2 aromatic carbocycles. The molecule has 1 aliphatic heterocycles. The molecule has 1 N–H and O–H groups in total. The monoisotopic (exact) mass is 283 g/mol. The summed E-state index contributed by atoms with van der Waals surface area (Å²) in [5.74, 6) is 0. The minimum absolute atomic E-state index is 0.210. The second kappa shape index (κ2) is 5.97. The maximum atomic E-state index is 11.9. The van der Waals surface area contributed by atoms with E-state index in [9.17, 15) is 9.90 Å². The number of ether oxygens (including phenoxy) is 1. The van der Waals surface area contributed by atoms with Crippen molar-refractivity contribution in [2.75, 3.05) is 6.61 Å². The van der Waals surface area contributed by atoms with Crippen molar-refractivity contribution in [2.45, 2.75) is 18.7 Å². The quantitative estimate of drug-likeness (QED) is 0.938. The van der Waals surface area contributed by atoms with Crippen LogP contribution in [0.25, 0.3) is 0 Å². The fourth-order valence-corrected chi connectivity index (χ4v) is 2.56. The molecule has 2 atom stereocenters. The van der Waals surface area contributed by atoms with Gasteiger partial charge in [-0.15, -0.1) is 0 Å². The summed E-state index contributed by atoms with van der Waals surface area (Å²) < 4.78 is 5.12. The van der Waals surface area contributed by atoms with Gasteiger partial charge in [0.1, 0.15) is 12.7 Å². The molecule has 0 radical (unpaired) electrons. The summed E-state index contributed by atoms with van der Waals surface area (Å²) in [4.78, 5) is 13.5. The molecule has 0 aliphatic carbocycles.